The zero-order valence-corrected chi connectivity index (χ0v) is 15.3. The zero-order valence-electron chi connectivity index (χ0n) is 13.7. The number of unbranched alkanes of at least 4 members (excludes halogenated alkanes) is 9. The summed E-state index contributed by atoms with van der Waals surface area (Å²) in [6.45, 7) is 2.72. The fourth-order valence-electron chi connectivity index (χ4n) is 2.00. The molecule has 0 rings (SSSR count). The summed E-state index contributed by atoms with van der Waals surface area (Å²) in [5, 5.41) is 8.44. The van der Waals surface area contributed by atoms with Gasteiger partial charge in [0.25, 0.3) is 0 Å². The van der Waals surface area contributed by atoms with E-state index < -0.39 is 5.97 Å². The Morgan fingerprint density at radius 3 is 1.86 bits per heavy atom. The van der Waals surface area contributed by atoms with Gasteiger partial charge in [0.2, 0.25) is 0 Å². The minimum Gasteiger partial charge on any atom is -0.481 e. The molecular weight excluding hydrogens is 320 g/mol. The number of carboxylic acids is 1. The maximum Gasteiger partial charge on any atom is 0.316 e. The molecule has 0 amide bonds. The molecule has 130 valence electrons. The summed E-state index contributed by atoms with van der Waals surface area (Å²) in [4.78, 5) is 21.6. The summed E-state index contributed by atoms with van der Waals surface area (Å²) in [7, 11) is 2.40. The van der Waals surface area contributed by atoms with Crippen LogP contribution < -0.4 is 0 Å². The van der Waals surface area contributed by atoms with Gasteiger partial charge in [-0.2, -0.15) is 0 Å². The van der Waals surface area contributed by atoms with E-state index in [4.69, 9.17) is 9.84 Å². The van der Waals surface area contributed by atoms with E-state index in [-0.39, 0.29) is 17.5 Å². The van der Waals surface area contributed by atoms with E-state index in [0.29, 0.717) is 6.61 Å². The summed E-state index contributed by atoms with van der Waals surface area (Å²) in [6.07, 6.45) is 12.6. The Bertz CT molecular complexity index is 285. The summed E-state index contributed by atoms with van der Waals surface area (Å²) in [5.74, 6) is -0.887. The van der Waals surface area contributed by atoms with Crippen LogP contribution in [-0.4, -0.2) is 35.2 Å². The van der Waals surface area contributed by atoms with Gasteiger partial charge in [-0.1, -0.05) is 86.3 Å². The van der Waals surface area contributed by atoms with Crippen LogP contribution in [0.3, 0.4) is 0 Å². The third kappa shape index (κ3) is 17.7. The number of aliphatic carboxylic acids is 1. The lowest BCUT2D eigenvalue weighted by molar-refractivity contribution is -0.140. The first kappa shape index (κ1) is 21.6. The molecule has 0 aromatic heterocycles. The van der Waals surface area contributed by atoms with Crippen molar-refractivity contribution in [3.63, 3.8) is 0 Å². The molecule has 0 aliphatic carbocycles. The Morgan fingerprint density at radius 1 is 0.818 bits per heavy atom. The number of carbonyl (C=O) groups is 2. The lowest BCUT2D eigenvalue weighted by Gasteiger charge is -2.04. The summed E-state index contributed by atoms with van der Waals surface area (Å²) in [5.41, 5.74) is 0. The van der Waals surface area contributed by atoms with Crippen molar-refractivity contribution in [3.8, 4) is 0 Å². The minimum atomic E-state index is -0.865. The molecule has 0 saturated carbocycles. The molecule has 0 aromatic rings. The fraction of sp³-hybridized carbons (Fsp3) is 0.875. The average molecular weight is 351 g/mol. The van der Waals surface area contributed by atoms with Crippen molar-refractivity contribution in [2.24, 2.45) is 0 Å². The van der Waals surface area contributed by atoms with Gasteiger partial charge in [0, 0.05) is 0 Å². The van der Waals surface area contributed by atoms with Gasteiger partial charge in [-0.15, -0.1) is 0 Å². The van der Waals surface area contributed by atoms with Crippen LogP contribution in [-0.2, 0) is 14.3 Å². The second-order valence-electron chi connectivity index (χ2n) is 5.32. The molecular formula is C16H30O4S2. The number of carbonyl (C=O) groups excluding carboxylic acids is 1. The molecule has 0 saturated heterocycles. The van der Waals surface area contributed by atoms with Crippen molar-refractivity contribution in [1.82, 2.24) is 0 Å². The van der Waals surface area contributed by atoms with Crippen LogP contribution in [0, 0.1) is 0 Å². The molecule has 1 N–H and O–H groups in total. The lowest BCUT2D eigenvalue weighted by atomic mass is 10.1. The molecule has 0 atom stereocenters. The molecule has 0 fully saturated rings. The normalized spacial score (nSPS) is 10.6. The first-order valence-electron chi connectivity index (χ1n) is 8.28. The van der Waals surface area contributed by atoms with E-state index >= 15 is 0 Å². The Kier molecular flexibility index (Phi) is 16.7. The van der Waals surface area contributed by atoms with E-state index in [9.17, 15) is 9.59 Å². The Balaban J connectivity index is 3.15. The maximum absolute atomic E-state index is 11.3. The highest BCUT2D eigenvalue weighted by Crippen LogP contribution is 2.20. The van der Waals surface area contributed by atoms with E-state index in [2.05, 4.69) is 6.92 Å². The number of esters is 1. The zero-order chi connectivity index (χ0) is 16.5. The van der Waals surface area contributed by atoms with Gasteiger partial charge >= 0.3 is 11.9 Å². The van der Waals surface area contributed by atoms with Crippen molar-refractivity contribution in [2.45, 2.75) is 71.1 Å². The van der Waals surface area contributed by atoms with E-state index in [1.54, 1.807) is 0 Å². The average Bonchev–Trinajstić information content (AvgIpc) is 2.49. The van der Waals surface area contributed by atoms with Gasteiger partial charge in [-0.25, -0.2) is 0 Å². The molecule has 0 aromatic carbocycles. The van der Waals surface area contributed by atoms with E-state index in [1.165, 1.54) is 73.0 Å². The predicted octanol–water partition coefficient (Wildman–Crippen LogP) is 4.92. The lowest BCUT2D eigenvalue weighted by Crippen LogP contribution is -2.08. The first-order chi connectivity index (χ1) is 10.7. The second kappa shape index (κ2) is 17.0. The number of rotatable bonds is 16. The quantitative estimate of drug-likeness (QED) is 0.242. The largest absolute Gasteiger partial charge is 0.481 e. The SMILES string of the molecule is CCCCCCCCCCCCOC(=O)CSSCC(=O)O. The Hall–Kier alpha value is -0.360. The highest BCUT2D eigenvalue weighted by molar-refractivity contribution is 8.77. The molecule has 0 bridgehead atoms. The van der Waals surface area contributed by atoms with Gasteiger partial charge in [0.05, 0.1) is 6.61 Å². The predicted molar refractivity (Wildman–Crippen MR) is 95.4 cm³/mol. The fourth-order valence-corrected chi connectivity index (χ4v) is 3.54. The van der Waals surface area contributed by atoms with Crippen LogP contribution in [0.4, 0.5) is 0 Å². The first-order valence-corrected chi connectivity index (χ1v) is 10.8. The maximum atomic E-state index is 11.3. The molecule has 0 spiro atoms. The summed E-state index contributed by atoms with van der Waals surface area (Å²) < 4.78 is 5.10. The number of hydrogen-bond acceptors (Lipinski definition) is 5. The van der Waals surface area contributed by atoms with Crippen LogP contribution in [0.1, 0.15) is 71.1 Å². The van der Waals surface area contributed by atoms with Gasteiger partial charge in [-0.05, 0) is 6.42 Å². The van der Waals surface area contributed by atoms with Crippen molar-refractivity contribution in [1.29, 1.82) is 0 Å². The molecule has 0 aliphatic rings. The van der Waals surface area contributed by atoms with E-state index in [0.717, 1.165) is 12.8 Å². The van der Waals surface area contributed by atoms with Crippen LogP contribution in [0.15, 0.2) is 0 Å². The molecule has 6 heteroatoms. The Labute approximate surface area is 142 Å². The highest BCUT2D eigenvalue weighted by Gasteiger charge is 2.04. The van der Waals surface area contributed by atoms with Gasteiger partial charge in [-0.3, -0.25) is 9.59 Å². The van der Waals surface area contributed by atoms with Crippen LogP contribution in [0.5, 0.6) is 0 Å². The molecule has 0 unspecified atom stereocenters. The minimum absolute atomic E-state index is 0.0103. The summed E-state index contributed by atoms with van der Waals surface area (Å²) in [6, 6.07) is 0. The van der Waals surface area contributed by atoms with Gasteiger partial charge in [0.1, 0.15) is 11.5 Å². The molecule has 4 nitrogen and oxygen atoms in total. The summed E-state index contributed by atoms with van der Waals surface area (Å²) >= 11 is 0. The van der Waals surface area contributed by atoms with Crippen molar-refractivity contribution >= 4 is 33.5 Å². The molecule has 22 heavy (non-hydrogen) atoms. The molecule has 0 heterocycles. The standard InChI is InChI=1S/C16H30O4S2/c1-2-3-4-5-6-7-8-9-10-11-12-20-16(19)14-22-21-13-15(17)18/h2-14H2,1H3,(H,17,18). The number of hydrogen-bond donors (Lipinski definition) is 1. The van der Waals surface area contributed by atoms with Gasteiger partial charge in [0.15, 0.2) is 0 Å². The molecule has 0 aliphatic heterocycles. The van der Waals surface area contributed by atoms with Crippen molar-refractivity contribution < 1.29 is 19.4 Å². The van der Waals surface area contributed by atoms with Crippen LogP contribution in [0.2, 0.25) is 0 Å². The number of carboxylic acid groups (broad SMARTS) is 1. The topological polar surface area (TPSA) is 63.6 Å². The second-order valence-corrected chi connectivity index (χ2v) is 7.78. The Morgan fingerprint density at radius 2 is 1.32 bits per heavy atom. The monoisotopic (exact) mass is 350 g/mol. The van der Waals surface area contributed by atoms with E-state index in [1.807, 2.05) is 0 Å². The van der Waals surface area contributed by atoms with Crippen molar-refractivity contribution in [2.75, 3.05) is 18.1 Å². The third-order valence-electron chi connectivity index (χ3n) is 3.20. The molecule has 0 radical (unpaired) electrons. The number of ether oxygens (including phenoxy) is 1. The van der Waals surface area contributed by atoms with Gasteiger partial charge < -0.3 is 9.84 Å². The highest BCUT2D eigenvalue weighted by atomic mass is 33.1. The smallest absolute Gasteiger partial charge is 0.316 e. The van der Waals surface area contributed by atoms with Crippen LogP contribution >= 0.6 is 21.6 Å². The third-order valence-corrected chi connectivity index (χ3v) is 5.30. The van der Waals surface area contributed by atoms with Crippen molar-refractivity contribution in [3.05, 3.63) is 0 Å². The van der Waals surface area contributed by atoms with Crippen LogP contribution in [0.25, 0.3) is 0 Å².